The van der Waals surface area contributed by atoms with E-state index in [2.05, 4.69) is 0 Å². The van der Waals surface area contributed by atoms with Crippen LogP contribution in [0.3, 0.4) is 0 Å². The molecule has 6 atom stereocenters. The minimum atomic E-state index is -0.591. The molecule has 2 heterocycles. The lowest BCUT2D eigenvalue weighted by Gasteiger charge is -2.42. The molecule has 0 aromatic carbocycles. The molecule has 0 aromatic rings. The Balaban J connectivity index is 1.99. The van der Waals surface area contributed by atoms with Crippen LogP contribution in [0.2, 0.25) is 0 Å². The second-order valence-electron chi connectivity index (χ2n) is 4.04. The molecule has 3 nitrogen and oxygen atoms in total. The summed E-state index contributed by atoms with van der Waals surface area (Å²) in [7, 11) is 0. The normalized spacial score (nSPS) is 66.0. The number of aliphatic hydroxyl groups is 2. The van der Waals surface area contributed by atoms with Gasteiger partial charge in [-0.1, -0.05) is 0 Å². The molecule has 62 valence electrons. The Morgan fingerprint density at radius 1 is 1.09 bits per heavy atom. The van der Waals surface area contributed by atoms with Crippen molar-refractivity contribution in [2.24, 2.45) is 17.8 Å². The van der Waals surface area contributed by atoms with Crippen molar-refractivity contribution in [2.45, 2.75) is 31.3 Å². The van der Waals surface area contributed by atoms with Crippen LogP contribution < -0.4 is 0 Å². The summed E-state index contributed by atoms with van der Waals surface area (Å²) in [4.78, 5) is 0. The molecule has 2 saturated heterocycles. The monoisotopic (exact) mass is 156 g/mol. The molecule has 2 saturated carbocycles. The van der Waals surface area contributed by atoms with Crippen molar-refractivity contribution in [3.05, 3.63) is 0 Å². The molecule has 5 unspecified atom stereocenters. The lowest BCUT2D eigenvalue weighted by molar-refractivity contribution is -0.260. The third-order valence-electron chi connectivity index (χ3n) is 3.60. The van der Waals surface area contributed by atoms with Gasteiger partial charge in [-0.05, 0) is 24.7 Å². The SMILES string of the molecule is OC1O[C@@H]2C3CC1C(C3)C2O. The summed E-state index contributed by atoms with van der Waals surface area (Å²) in [5, 5.41) is 19.0. The molecule has 11 heavy (non-hydrogen) atoms. The van der Waals surface area contributed by atoms with Gasteiger partial charge in [0, 0.05) is 5.92 Å². The quantitative estimate of drug-likeness (QED) is 0.507. The fraction of sp³-hybridized carbons (Fsp3) is 1.00. The van der Waals surface area contributed by atoms with E-state index in [0.29, 0.717) is 11.8 Å². The van der Waals surface area contributed by atoms with E-state index in [0.717, 1.165) is 12.8 Å². The molecular weight excluding hydrogens is 144 g/mol. The Morgan fingerprint density at radius 2 is 1.82 bits per heavy atom. The molecule has 4 fully saturated rings. The molecule has 4 bridgehead atoms. The summed E-state index contributed by atoms with van der Waals surface area (Å²) in [6, 6.07) is 0. The van der Waals surface area contributed by atoms with E-state index in [4.69, 9.17) is 4.74 Å². The maximum Gasteiger partial charge on any atom is 0.158 e. The molecule has 2 N–H and O–H groups in total. The van der Waals surface area contributed by atoms with Gasteiger partial charge in [0.1, 0.15) is 0 Å². The minimum absolute atomic E-state index is 0.0556. The number of hydrogen-bond acceptors (Lipinski definition) is 3. The van der Waals surface area contributed by atoms with Gasteiger partial charge < -0.3 is 14.9 Å². The topological polar surface area (TPSA) is 49.7 Å². The number of fused-ring (bicyclic) bond motifs is 1. The van der Waals surface area contributed by atoms with Gasteiger partial charge >= 0.3 is 0 Å². The van der Waals surface area contributed by atoms with E-state index in [9.17, 15) is 10.2 Å². The molecule has 2 aliphatic heterocycles. The first-order chi connectivity index (χ1) is 5.27. The molecule has 4 aliphatic rings. The van der Waals surface area contributed by atoms with Crippen molar-refractivity contribution in [3.8, 4) is 0 Å². The number of hydrogen-bond donors (Lipinski definition) is 2. The summed E-state index contributed by atoms with van der Waals surface area (Å²) >= 11 is 0. The standard InChI is InChI=1S/C8H12O3/c9-6-4-1-3-2-5(4)8(10)11-7(3)6/h3-10H,1-2H2/t3?,4?,5?,6?,7-,8?/m1/s1. The molecular formula is C8H12O3. The highest BCUT2D eigenvalue weighted by Crippen LogP contribution is 2.55. The predicted molar refractivity (Wildman–Crippen MR) is 36.6 cm³/mol. The fourth-order valence-corrected chi connectivity index (χ4v) is 3.11. The third kappa shape index (κ3) is 0.604. The molecule has 0 aromatic heterocycles. The summed E-state index contributed by atoms with van der Waals surface area (Å²) in [6.45, 7) is 0. The van der Waals surface area contributed by atoms with Crippen LogP contribution >= 0.6 is 0 Å². The first-order valence-electron chi connectivity index (χ1n) is 4.29. The van der Waals surface area contributed by atoms with E-state index in [1.807, 2.05) is 0 Å². The first-order valence-corrected chi connectivity index (χ1v) is 4.29. The van der Waals surface area contributed by atoms with Crippen LogP contribution in [0, 0.1) is 17.8 Å². The molecule has 4 rings (SSSR count). The first kappa shape index (κ1) is 6.40. The van der Waals surface area contributed by atoms with Crippen LogP contribution in [0.1, 0.15) is 12.8 Å². The minimum Gasteiger partial charge on any atom is -0.390 e. The van der Waals surface area contributed by atoms with Crippen LogP contribution in [-0.4, -0.2) is 28.7 Å². The summed E-state index contributed by atoms with van der Waals surface area (Å²) in [6.07, 6.45) is 1.19. The maximum atomic E-state index is 9.59. The average Bonchev–Trinajstić information content (AvgIpc) is 2.47. The van der Waals surface area contributed by atoms with Crippen LogP contribution in [0.15, 0.2) is 0 Å². The second-order valence-corrected chi connectivity index (χ2v) is 4.04. The van der Waals surface area contributed by atoms with E-state index in [-0.39, 0.29) is 18.1 Å². The van der Waals surface area contributed by atoms with Crippen molar-refractivity contribution in [2.75, 3.05) is 0 Å². The van der Waals surface area contributed by atoms with E-state index >= 15 is 0 Å². The van der Waals surface area contributed by atoms with E-state index in [1.54, 1.807) is 0 Å². The largest absolute Gasteiger partial charge is 0.390 e. The number of rotatable bonds is 0. The highest BCUT2D eigenvalue weighted by Gasteiger charge is 2.59. The van der Waals surface area contributed by atoms with Crippen LogP contribution in [0.4, 0.5) is 0 Å². The molecule has 3 heteroatoms. The van der Waals surface area contributed by atoms with Crippen molar-refractivity contribution in [1.82, 2.24) is 0 Å². The Kier molecular flexibility index (Phi) is 1.04. The molecule has 2 aliphatic carbocycles. The zero-order valence-corrected chi connectivity index (χ0v) is 6.18. The van der Waals surface area contributed by atoms with Gasteiger partial charge in [-0.3, -0.25) is 0 Å². The molecule has 0 spiro atoms. The van der Waals surface area contributed by atoms with Gasteiger partial charge in [0.2, 0.25) is 0 Å². The van der Waals surface area contributed by atoms with Gasteiger partial charge in [-0.2, -0.15) is 0 Å². The Hall–Kier alpha value is -0.120. The maximum absolute atomic E-state index is 9.59. The summed E-state index contributed by atoms with van der Waals surface area (Å²) in [5.41, 5.74) is 0. The molecule has 0 radical (unpaired) electrons. The second kappa shape index (κ2) is 1.79. The average molecular weight is 156 g/mol. The van der Waals surface area contributed by atoms with Crippen molar-refractivity contribution in [3.63, 3.8) is 0 Å². The Morgan fingerprint density at radius 3 is 2.36 bits per heavy atom. The van der Waals surface area contributed by atoms with Gasteiger partial charge in [0.15, 0.2) is 6.29 Å². The summed E-state index contributed by atoms with van der Waals surface area (Å²) < 4.78 is 5.26. The van der Waals surface area contributed by atoms with Gasteiger partial charge in [-0.15, -0.1) is 0 Å². The van der Waals surface area contributed by atoms with E-state index in [1.165, 1.54) is 0 Å². The van der Waals surface area contributed by atoms with Crippen LogP contribution in [0.25, 0.3) is 0 Å². The predicted octanol–water partition coefficient (Wildman–Crippen LogP) is -0.280. The van der Waals surface area contributed by atoms with Crippen molar-refractivity contribution >= 4 is 0 Å². The summed E-state index contributed by atoms with van der Waals surface area (Å²) in [5.74, 6) is 1.08. The smallest absolute Gasteiger partial charge is 0.158 e. The zero-order valence-electron chi connectivity index (χ0n) is 6.18. The highest BCUT2D eigenvalue weighted by molar-refractivity contribution is 5.06. The molecule has 0 amide bonds. The van der Waals surface area contributed by atoms with Gasteiger partial charge in [0.05, 0.1) is 12.2 Å². The highest BCUT2D eigenvalue weighted by atomic mass is 16.6. The zero-order chi connectivity index (χ0) is 7.59. The van der Waals surface area contributed by atoms with Crippen molar-refractivity contribution < 1.29 is 14.9 Å². The lowest BCUT2D eigenvalue weighted by atomic mass is 9.81. The van der Waals surface area contributed by atoms with Gasteiger partial charge in [0.25, 0.3) is 0 Å². The van der Waals surface area contributed by atoms with Crippen LogP contribution in [-0.2, 0) is 4.74 Å². The lowest BCUT2D eigenvalue weighted by Crippen LogP contribution is -2.51. The van der Waals surface area contributed by atoms with Crippen molar-refractivity contribution in [1.29, 1.82) is 0 Å². The Labute approximate surface area is 65.0 Å². The fourth-order valence-electron chi connectivity index (χ4n) is 3.11. The third-order valence-corrected chi connectivity index (χ3v) is 3.60. The van der Waals surface area contributed by atoms with Crippen LogP contribution in [0.5, 0.6) is 0 Å². The number of ether oxygens (including phenoxy) is 1. The Bertz CT molecular complexity index is 184. The van der Waals surface area contributed by atoms with Gasteiger partial charge in [-0.25, -0.2) is 0 Å². The van der Waals surface area contributed by atoms with E-state index < -0.39 is 6.29 Å². The number of aliphatic hydroxyl groups excluding tert-OH is 2.